The van der Waals surface area contributed by atoms with Crippen molar-refractivity contribution in [1.29, 1.82) is 0 Å². The Kier molecular flexibility index (Phi) is 1.86. The van der Waals surface area contributed by atoms with Gasteiger partial charge in [-0.25, -0.2) is 0 Å². The number of rotatable bonds is 1. The van der Waals surface area contributed by atoms with Gasteiger partial charge in [-0.3, -0.25) is 0 Å². The zero-order valence-electron chi connectivity index (χ0n) is 5.40. The molecule has 0 aliphatic heterocycles. The topological polar surface area (TPSA) is 71.5 Å². The van der Waals surface area contributed by atoms with Crippen LogP contribution in [0.4, 0.5) is 0 Å². The highest BCUT2D eigenvalue weighted by molar-refractivity contribution is 7.03. The van der Waals surface area contributed by atoms with E-state index in [0.29, 0.717) is 5.56 Å². The highest BCUT2D eigenvalue weighted by Gasteiger charge is 2.04. The van der Waals surface area contributed by atoms with Crippen molar-refractivity contribution >= 4 is 17.4 Å². The van der Waals surface area contributed by atoms with Crippen molar-refractivity contribution in [3.63, 3.8) is 0 Å². The van der Waals surface area contributed by atoms with Crippen molar-refractivity contribution < 1.29 is 5.21 Å². The van der Waals surface area contributed by atoms with Gasteiger partial charge in [-0.15, -0.1) is 0 Å². The second-order valence-corrected chi connectivity index (χ2v) is 2.43. The first-order valence-corrected chi connectivity index (χ1v) is 3.48. The molecule has 0 unspecified atom stereocenters. The van der Waals surface area contributed by atoms with Crippen LogP contribution in [0.5, 0.6) is 0 Å². The molecule has 0 saturated heterocycles. The lowest BCUT2D eigenvalue weighted by Crippen LogP contribution is -2.13. The van der Waals surface area contributed by atoms with Gasteiger partial charge in [-0.1, -0.05) is 5.16 Å². The molecule has 10 heavy (non-hydrogen) atoms. The predicted molar refractivity (Wildman–Crippen MR) is 39.4 cm³/mol. The fraction of sp³-hybridized carbons (Fsp3) is 0.200. The summed E-state index contributed by atoms with van der Waals surface area (Å²) in [6.45, 7) is 1.81. The molecule has 1 rings (SSSR count). The number of hydrogen-bond acceptors (Lipinski definition) is 4. The molecule has 1 aromatic rings. The van der Waals surface area contributed by atoms with Gasteiger partial charge in [0.2, 0.25) is 0 Å². The Morgan fingerprint density at radius 3 is 3.00 bits per heavy atom. The molecule has 0 radical (unpaired) electrons. The highest BCUT2D eigenvalue weighted by Crippen LogP contribution is 2.07. The minimum Gasteiger partial charge on any atom is -0.409 e. The van der Waals surface area contributed by atoms with Gasteiger partial charge in [-0.2, -0.15) is 4.37 Å². The number of hydrogen-bond donors (Lipinski definition) is 2. The van der Waals surface area contributed by atoms with Crippen LogP contribution in [-0.4, -0.2) is 15.4 Å². The van der Waals surface area contributed by atoms with Crippen molar-refractivity contribution in [3.05, 3.63) is 16.6 Å². The molecule has 5 heteroatoms. The Morgan fingerprint density at radius 2 is 2.60 bits per heavy atom. The number of oxime groups is 1. The zero-order valence-corrected chi connectivity index (χ0v) is 6.22. The summed E-state index contributed by atoms with van der Waals surface area (Å²) in [5.41, 5.74) is 6.80. The van der Waals surface area contributed by atoms with E-state index in [1.54, 1.807) is 5.38 Å². The van der Waals surface area contributed by atoms with E-state index >= 15 is 0 Å². The van der Waals surface area contributed by atoms with Crippen molar-refractivity contribution in [2.75, 3.05) is 0 Å². The minimum absolute atomic E-state index is 0.117. The van der Waals surface area contributed by atoms with Gasteiger partial charge < -0.3 is 10.9 Å². The highest BCUT2D eigenvalue weighted by atomic mass is 32.1. The Bertz CT molecular complexity index is 255. The first-order valence-electron chi connectivity index (χ1n) is 2.64. The van der Waals surface area contributed by atoms with Crippen LogP contribution in [0.1, 0.15) is 11.3 Å². The van der Waals surface area contributed by atoms with E-state index in [9.17, 15) is 0 Å². The van der Waals surface area contributed by atoms with E-state index in [1.165, 1.54) is 11.5 Å². The molecule has 0 amide bonds. The van der Waals surface area contributed by atoms with Crippen LogP contribution in [0.2, 0.25) is 0 Å². The van der Waals surface area contributed by atoms with Gasteiger partial charge in [-0.05, 0) is 18.5 Å². The molecule has 0 bridgehead atoms. The molecule has 1 heterocycles. The van der Waals surface area contributed by atoms with Crippen molar-refractivity contribution in [1.82, 2.24) is 4.37 Å². The van der Waals surface area contributed by atoms with Crippen LogP contribution >= 0.6 is 11.5 Å². The third-order valence-electron chi connectivity index (χ3n) is 1.13. The molecular formula is C5H7N3OS. The second kappa shape index (κ2) is 2.66. The molecule has 0 fully saturated rings. The lowest BCUT2D eigenvalue weighted by Gasteiger charge is -1.91. The summed E-state index contributed by atoms with van der Waals surface area (Å²) in [5.74, 6) is 0.117. The van der Waals surface area contributed by atoms with E-state index in [0.717, 1.165) is 5.69 Å². The Hall–Kier alpha value is -1.10. The summed E-state index contributed by atoms with van der Waals surface area (Å²) in [5, 5.41) is 12.9. The lowest BCUT2D eigenvalue weighted by atomic mass is 10.2. The van der Waals surface area contributed by atoms with Gasteiger partial charge in [0.05, 0.1) is 11.3 Å². The quantitative estimate of drug-likeness (QED) is 0.270. The van der Waals surface area contributed by atoms with Crippen LogP contribution in [0.15, 0.2) is 10.5 Å². The minimum atomic E-state index is 0.117. The first-order chi connectivity index (χ1) is 4.75. The van der Waals surface area contributed by atoms with E-state index in [4.69, 9.17) is 10.9 Å². The third kappa shape index (κ3) is 1.08. The normalized spacial score (nSPS) is 11.9. The molecule has 3 N–H and O–H groups in total. The van der Waals surface area contributed by atoms with Gasteiger partial charge >= 0.3 is 0 Å². The molecule has 54 valence electrons. The average Bonchev–Trinajstić information content (AvgIpc) is 2.34. The Labute approximate surface area is 62.1 Å². The number of aryl methyl sites for hydroxylation is 1. The maximum Gasteiger partial charge on any atom is 0.172 e. The maximum atomic E-state index is 8.27. The van der Waals surface area contributed by atoms with E-state index in [-0.39, 0.29) is 5.84 Å². The predicted octanol–water partition coefficient (Wildman–Crippen LogP) is 0.546. The molecule has 0 atom stereocenters. The molecule has 1 aromatic heterocycles. The van der Waals surface area contributed by atoms with Crippen LogP contribution < -0.4 is 5.73 Å². The van der Waals surface area contributed by atoms with Gasteiger partial charge in [0.25, 0.3) is 0 Å². The molecule has 0 saturated carbocycles. The Morgan fingerprint density at radius 1 is 1.90 bits per heavy atom. The summed E-state index contributed by atoms with van der Waals surface area (Å²) < 4.78 is 3.96. The number of aromatic nitrogens is 1. The monoisotopic (exact) mass is 157 g/mol. The summed E-state index contributed by atoms with van der Waals surface area (Å²) in [6, 6.07) is 0. The van der Waals surface area contributed by atoms with Gasteiger partial charge in [0.1, 0.15) is 0 Å². The van der Waals surface area contributed by atoms with Crippen molar-refractivity contribution in [2.45, 2.75) is 6.92 Å². The Balaban J connectivity index is 3.05. The fourth-order valence-corrected chi connectivity index (χ4v) is 1.30. The van der Waals surface area contributed by atoms with Crippen LogP contribution in [0.3, 0.4) is 0 Å². The lowest BCUT2D eigenvalue weighted by molar-refractivity contribution is 0.318. The third-order valence-corrected chi connectivity index (χ3v) is 1.85. The van der Waals surface area contributed by atoms with Crippen molar-refractivity contribution in [3.8, 4) is 0 Å². The number of nitrogens with two attached hydrogens (primary N) is 1. The second-order valence-electron chi connectivity index (χ2n) is 1.80. The molecule has 0 aliphatic rings. The SMILES string of the molecule is Cc1nscc1C(N)=NO. The zero-order chi connectivity index (χ0) is 7.56. The molecule has 4 nitrogen and oxygen atoms in total. The van der Waals surface area contributed by atoms with Crippen molar-refractivity contribution in [2.24, 2.45) is 10.9 Å². The molecule has 0 aliphatic carbocycles. The molecule has 0 aromatic carbocycles. The standard InChI is InChI=1S/C5H7N3OS/c1-3-4(2-10-8-3)5(6)7-9/h2,9H,1H3,(H2,6,7). The molecular weight excluding hydrogens is 150 g/mol. The number of nitrogens with zero attached hydrogens (tertiary/aromatic N) is 2. The summed E-state index contributed by atoms with van der Waals surface area (Å²) >= 11 is 1.29. The van der Waals surface area contributed by atoms with E-state index in [1.807, 2.05) is 6.92 Å². The van der Waals surface area contributed by atoms with Crippen LogP contribution in [0.25, 0.3) is 0 Å². The maximum absolute atomic E-state index is 8.27. The van der Waals surface area contributed by atoms with E-state index < -0.39 is 0 Å². The summed E-state index contributed by atoms with van der Waals surface area (Å²) in [4.78, 5) is 0. The van der Waals surface area contributed by atoms with Crippen LogP contribution in [0, 0.1) is 6.92 Å². The van der Waals surface area contributed by atoms with E-state index in [2.05, 4.69) is 9.53 Å². The largest absolute Gasteiger partial charge is 0.409 e. The average molecular weight is 157 g/mol. The van der Waals surface area contributed by atoms with Gasteiger partial charge in [0, 0.05) is 5.38 Å². The summed E-state index contributed by atoms with van der Waals surface area (Å²) in [7, 11) is 0. The molecule has 0 spiro atoms. The fourth-order valence-electron chi connectivity index (χ4n) is 0.592. The van der Waals surface area contributed by atoms with Crippen LogP contribution in [-0.2, 0) is 0 Å². The first kappa shape index (κ1) is 7.01. The van der Waals surface area contributed by atoms with Gasteiger partial charge in [0.15, 0.2) is 5.84 Å². The number of amidine groups is 1. The smallest absolute Gasteiger partial charge is 0.172 e. The summed E-state index contributed by atoms with van der Waals surface area (Å²) in [6.07, 6.45) is 0.